The molecule has 0 radical (unpaired) electrons. The van der Waals surface area contributed by atoms with Gasteiger partial charge in [0.05, 0.1) is 23.7 Å². The minimum Gasteiger partial charge on any atom is -0.478 e. The maximum Gasteiger partial charge on any atom is 0.332 e. The summed E-state index contributed by atoms with van der Waals surface area (Å²) in [6.45, 7) is 0. The molecule has 1 atom stereocenters. The van der Waals surface area contributed by atoms with Crippen molar-refractivity contribution in [3.8, 4) is 5.69 Å². The van der Waals surface area contributed by atoms with Gasteiger partial charge >= 0.3 is 5.97 Å². The number of sulfonamides is 1. The van der Waals surface area contributed by atoms with Crippen molar-refractivity contribution in [2.45, 2.75) is 24.5 Å². The third kappa shape index (κ3) is 3.30. The second-order valence-electron chi connectivity index (χ2n) is 5.43. The van der Waals surface area contributed by atoms with E-state index in [1.807, 2.05) is 0 Å². The topological polar surface area (TPSA) is 114 Å². The number of anilines is 1. The summed E-state index contributed by atoms with van der Waals surface area (Å²) in [5.74, 6) is -1.19. The van der Waals surface area contributed by atoms with Crippen molar-refractivity contribution in [3.63, 3.8) is 0 Å². The Morgan fingerprint density at radius 3 is 2.67 bits per heavy atom. The van der Waals surface area contributed by atoms with Crippen molar-refractivity contribution in [1.82, 2.24) is 15.0 Å². The van der Waals surface area contributed by atoms with Gasteiger partial charge in [0.2, 0.25) is 10.0 Å². The third-order valence-electron chi connectivity index (χ3n) is 3.82. The van der Waals surface area contributed by atoms with E-state index in [1.165, 1.54) is 6.08 Å². The predicted molar refractivity (Wildman–Crippen MR) is 87.3 cm³/mol. The van der Waals surface area contributed by atoms with E-state index in [1.54, 1.807) is 41.3 Å². The Bertz CT molecular complexity index is 857. The van der Waals surface area contributed by atoms with Gasteiger partial charge < -0.3 is 5.11 Å². The Morgan fingerprint density at radius 1 is 1.29 bits per heavy atom. The van der Waals surface area contributed by atoms with Gasteiger partial charge in [-0.1, -0.05) is 11.3 Å². The first-order valence-electron chi connectivity index (χ1n) is 7.39. The Labute approximate surface area is 138 Å². The molecule has 0 spiro atoms. The molecule has 3 rings (SSSR count). The van der Waals surface area contributed by atoms with Crippen LogP contribution in [0.5, 0.6) is 0 Å². The molecule has 0 saturated heterocycles. The van der Waals surface area contributed by atoms with E-state index in [0.29, 0.717) is 24.9 Å². The lowest BCUT2D eigenvalue weighted by Gasteiger charge is -2.22. The molecule has 0 aliphatic heterocycles. The summed E-state index contributed by atoms with van der Waals surface area (Å²) in [6.07, 6.45) is 6.23. The Morgan fingerprint density at radius 2 is 2.04 bits per heavy atom. The Kier molecular flexibility index (Phi) is 4.34. The van der Waals surface area contributed by atoms with Crippen LogP contribution in [0.3, 0.4) is 0 Å². The fourth-order valence-corrected chi connectivity index (χ4v) is 4.27. The number of hydrogen-bond acceptors (Lipinski definition) is 5. The number of nitrogens with one attached hydrogen (secondary N) is 1. The monoisotopic (exact) mass is 348 g/mol. The summed E-state index contributed by atoms with van der Waals surface area (Å²) in [5, 5.41) is 15.7. The number of carboxylic acids is 1. The highest BCUT2D eigenvalue weighted by Crippen LogP contribution is 2.26. The van der Waals surface area contributed by atoms with Crippen LogP contribution < -0.4 is 4.72 Å². The lowest BCUT2D eigenvalue weighted by atomic mass is 9.99. The van der Waals surface area contributed by atoms with Crippen molar-refractivity contribution in [3.05, 3.63) is 48.3 Å². The van der Waals surface area contributed by atoms with Crippen LogP contribution in [-0.4, -0.2) is 39.7 Å². The molecule has 0 bridgehead atoms. The fourth-order valence-electron chi connectivity index (χ4n) is 2.66. The minimum atomic E-state index is -3.83. The van der Waals surface area contributed by atoms with Gasteiger partial charge in [-0.25, -0.2) is 17.9 Å². The standard InChI is InChI=1S/C15H16N4O4S/c20-15(21)13-3-1-2-4-14(13)24(22,23)17-11-5-7-12(8-6-11)19-10-9-16-18-19/h3,5-10,14,17H,1-2,4H2,(H,20,21). The smallest absolute Gasteiger partial charge is 0.332 e. The maximum atomic E-state index is 12.5. The molecule has 1 unspecified atom stereocenters. The first kappa shape index (κ1) is 16.2. The Hall–Kier alpha value is -2.68. The maximum absolute atomic E-state index is 12.5. The molecule has 9 heteroatoms. The molecule has 126 valence electrons. The first-order chi connectivity index (χ1) is 11.5. The molecule has 1 aromatic carbocycles. The molecule has 8 nitrogen and oxygen atoms in total. The molecule has 0 saturated carbocycles. The number of carbonyl (C=O) groups is 1. The molecule has 2 N–H and O–H groups in total. The van der Waals surface area contributed by atoms with Gasteiger partial charge in [-0.3, -0.25) is 4.72 Å². The average molecular weight is 348 g/mol. The molecule has 2 aromatic rings. The molecule has 1 aliphatic rings. The highest BCUT2D eigenvalue weighted by Gasteiger charge is 2.34. The van der Waals surface area contributed by atoms with E-state index in [4.69, 9.17) is 0 Å². The Balaban J connectivity index is 1.80. The summed E-state index contributed by atoms with van der Waals surface area (Å²) < 4.78 is 29.1. The summed E-state index contributed by atoms with van der Waals surface area (Å²) >= 11 is 0. The molecular weight excluding hydrogens is 332 g/mol. The normalized spacial score (nSPS) is 18.0. The number of rotatable bonds is 5. The van der Waals surface area contributed by atoms with Gasteiger partial charge in [-0.2, -0.15) is 0 Å². The van der Waals surface area contributed by atoms with E-state index in [0.717, 1.165) is 5.69 Å². The van der Waals surface area contributed by atoms with Crippen molar-refractivity contribution in [2.75, 3.05) is 4.72 Å². The quantitative estimate of drug-likeness (QED) is 0.848. The van der Waals surface area contributed by atoms with Crippen LogP contribution in [0.15, 0.2) is 48.3 Å². The zero-order valence-electron chi connectivity index (χ0n) is 12.7. The van der Waals surface area contributed by atoms with Crippen LogP contribution in [0, 0.1) is 0 Å². The predicted octanol–water partition coefficient (Wildman–Crippen LogP) is 1.57. The third-order valence-corrected chi connectivity index (χ3v) is 5.58. The number of benzene rings is 1. The molecule has 1 heterocycles. The first-order valence-corrected chi connectivity index (χ1v) is 8.94. The van der Waals surface area contributed by atoms with E-state index >= 15 is 0 Å². The average Bonchev–Trinajstić information content (AvgIpc) is 3.10. The number of hydrogen-bond donors (Lipinski definition) is 2. The summed E-state index contributed by atoms with van der Waals surface area (Å²) in [7, 11) is -3.83. The fraction of sp³-hybridized carbons (Fsp3) is 0.267. The summed E-state index contributed by atoms with van der Waals surface area (Å²) in [5.41, 5.74) is 1.04. The highest BCUT2D eigenvalue weighted by atomic mass is 32.2. The molecule has 1 aromatic heterocycles. The molecular formula is C15H16N4O4S. The number of nitrogens with zero attached hydrogens (tertiary/aromatic N) is 3. The number of aliphatic carboxylic acids is 1. The minimum absolute atomic E-state index is 0.0621. The van der Waals surface area contributed by atoms with E-state index in [-0.39, 0.29) is 5.57 Å². The van der Waals surface area contributed by atoms with E-state index < -0.39 is 21.2 Å². The lowest BCUT2D eigenvalue weighted by molar-refractivity contribution is -0.132. The van der Waals surface area contributed by atoms with Gasteiger partial charge in [0.25, 0.3) is 0 Å². The van der Waals surface area contributed by atoms with Gasteiger partial charge in [-0.05, 0) is 43.5 Å². The second-order valence-corrected chi connectivity index (χ2v) is 7.29. The largest absolute Gasteiger partial charge is 0.478 e. The number of allylic oxidation sites excluding steroid dienone is 1. The van der Waals surface area contributed by atoms with Gasteiger partial charge in [0.1, 0.15) is 5.25 Å². The van der Waals surface area contributed by atoms with Crippen molar-refractivity contribution in [2.24, 2.45) is 0 Å². The van der Waals surface area contributed by atoms with E-state index in [9.17, 15) is 18.3 Å². The molecule has 0 amide bonds. The summed E-state index contributed by atoms with van der Waals surface area (Å²) in [4.78, 5) is 11.3. The zero-order chi connectivity index (χ0) is 17.2. The van der Waals surface area contributed by atoms with Crippen LogP contribution in [0.25, 0.3) is 5.69 Å². The van der Waals surface area contributed by atoms with Crippen LogP contribution in [0.4, 0.5) is 5.69 Å². The van der Waals surface area contributed by atoms with Crippen molar-refractivity contribution in [1.29, 1.82) is 0 Å². The van der Waals surface area contributed by atoms with E-state index in [2.05, 4.69) is 15.0 Å². The second kappa shape index (κ2) is 6.44. The highest BCUT2D eigenvalue weighted by molar-refractivity contribution is 7.93. The van der Waals surface area contributed by atoms with Gasteiger partial charge in [0, 0.05) is 5.69 Å². The van der Waals surface area contributed by atoms with Crippen molar-refractivity contribution >= 4 is 21.7 Å². The zero-order valence-corrected chi connectivity index (χ0v) is 13.5. The van der Waals surface area contributed by atoms with Crippen LogP contribution in [-0.2, 0) is 14.8 Å². The molecule has 24 heavy (non-hydrogen) atoms. The summed E-state index contributed by atoms with van der Waals surface area (Å²) in [6, 6.07) is 6.59. The van der Waals surface area contributed by atoms with Crippen molar-refractivity contribution < 1.29 is 18.3 Å². The molecule has 1 aliphatic carbocycles. The number of carboxylic acid groups (broad SMARTS) is 1. The number of aromatic nitrogens is 3. The van der Waals surface area contributed by atoms with Crippen LogP contribution >= 0.6 is 0 Å². The van der Waals surface area contributed by atoms with Gasteiger partial charge in [0.15, 0.2) is 0 Å². The molecule has 0 fully saturated rings. The van der Waals surface area contributed by atoms with Crippen LogP contribution in [0.2, 0.25) is 0 Å². The van der Waals surface area contributed by atoms with Crippen LogP contribution in [0.1, 0.15) is 19.3 Å². The van der Waals surface area contributed by atoms with Gasteiger partial charge in [-0.15, -0.1) is 5.10 Å². The lowest BCUT2D eigenvalue weighted by Crippen LogP contribution is -2.34. The SMILES string of the molecule is O=C(O)C1=CCCCC1S(=O)(=O)Nc1ccc(-n2ccnn2)cc1.